The van der Waals surface area contributed by atoms with E-state index in [2.05, 4.69) is 20.9 Å². The first-order chi connectivity index (χ1) is 16.5. The number of nitrogens with one attached hydrogen (secondary N) is 4. The van der Waals surface area contributed by atoms with Gasteiger partial charge in [-0.3, -0.25) is 14.4 Å². The molecular weight excluding hydrogens is 450 g/mol. The number of hydrogen-bond donors (Lipinski definition) is 6. The van der Waals surface area contributed by atoms with Gasteiger partial charge < -0.3 is 31.8 Å². The molecule has 0 saturated carbocycles. The highest BCUT2D eigenvalue weighted by molar-refractivity contribution is 5.95. The van der Waals surface area contributed by atoms with Gasteiger partial charge in [0.15, 0.2) is 0 Å². The fourth-order valence-corrected chi connectivity index (χ4v) is 3.75. The minimum absolute atomic E-state index is 0.172. The Labute approximate surface area is 205 Å². The Kier molecular flexibility index (Phi) is 9.82. The van der Waals surface area contributed by atoms with E-state index in [0.717, 1.165) is 16.5 Å². The van der Waals surface area contributed by atoms with Crippen molar-refractivity contribution in [3.05, 3.63) is 36.0 Å². The van der Waals surface area contributed by atoms with E-state index in [1.165, 1.54) is 6.92 Å². The molecule has 0 aliphatic heterocycles. The van der Waals surface area contributed by atoms with E-state index in [-0.39, 0.29) is 18.3 Å². The summed E-state index contributed by atoms with van der Waals surface area (Å²) < 4.78 is 0. The number of amides is 3. The summed E-state index contributed by atoms with van der Waals surface area (Å²) in [6.45, 7) is 8.59. The number of aromatic nitrogens is 1. The maximum absolute atomic E-state index is 13.3. The number of carboxylic acids is 1. The predicted molar refractivity (Wildman–Crippen MR) is 133 cm³/mol. The Balaban J connectivity index is 2.26. The molecular formula is C25H37N5O5. The third-order valence-corrected chi connectivity index (χ3v) is 6.17. The molecule has 0 saturated heterocycles. The van der Waals surface area contributed by atoms with E-state index in [1.807, 2.05) is 31.2 Å². The first-order valence-corrected chi connectivity index (χ1v) is 11.9. The molecule has 0 aliphatic carbocycles. The lowest BCUT2D eigenvalue weighted by atomic mass is 9.97. The van der Waals surface area contributed by atoms with Crippen molar-refractivity contribution in [1.29, 1.82) is 0 Å². The van der Waals surface area contributed by atoms with Crippen molar-refractivity contribution in [2.75, 3.05) is 0 Å². The Morgan fingerprint density at radius 1 is 0.943 bits per heavy atom. The number of fused-ring (bicyclic) bond motifs is 1. The molecule has 0 radical (unpaired) electrons. The highest BCUT2D eigenvalue weighted by Gasteiger charge is 2.33. The van der Waals surface area contributed by atoms with Crippen LogP contribution in [-0.2, 0) is 25.6 Å². The Hall–Kier alpha value is -3.40. The number of aromatic amines is 1. The van der Waals surface area contributed by atoms with Crippen molar-refractivity contribution < 1.29 is 24.3 Å². The number of aliphatic carboxylic acids is 1. The quantitative estimate of drug-likeness (QED) is 0.264. The number of rotatable bonds is 12. The van der Waals surface area contributed by atoms with Gasteiger partial charge in [-0.15, -0.1) is 0 Å². The molecule has 0 spiro atoms. The molecule has 192 valence electrons. The van der Waals surface area contributed by atoms with Gasteiger partial charge in [0.05, 0.1) is 6.04 Å². The van der Waals surface area contributed by atoms with E-state index in [9.17, 15) is 24.3 Å². The standard InChI is InChI=1S/C25H37N5O5/c1-6-14(4)21(25(34)35)30-24(33)20(13(2)3)29-23(32)19(28-22(31)15(5)26)11-16-12-27-18-10-8-7-9-17(16)18/h7-10,12-15,19-21,27H,6,11,26H2,1-5H3,(H,28,31)(H,29,32)(H,30,33)(H,34,35). The molecule has 5 atom stereocenters. The molecule has 1 heterocycles. The molecule has 1 aromatic heterocycles. The molecule has 5 unspecified atom stereocenters. The second-order valence-corrected chi connectivity index (χ2v) is 9.35. The first-order valence-electron chi connectivity index (χ1n) is 11.9. The number of H-pyrrole nitrogens is 1. The van der Waals surface area contributed by atoms with Crippen molar-refractivity contribution in [1.82, 2.24) is 20.9 Å². The molecule has 2 aromatic rings. The van der Waals surface area contributed by atoms with Crippen LogP contribution in [0.4, 0.5) is 0 Å². The minimum atomic E-state index is -1.14. The zero-order valence-corrected chi connectivity index (χ0v) is 20.9. The van der Waals surface area contributed by atoms with E-state index in [1.54, 1.807) is 27.0 Å². The van der Waals surface area contributed by atoms with E-state index in [0.29, 0.717) is 6.42 Å². The SMILES string of the molecule is CCC(C)C(NC(=O)C(NC(=O)C(Cc1c[nH]c2ccccc12)NC(=O)C(C)N)C(C)C)C(=O)O. The topological polar surface area (TPSA) is 166 Å². The lowest BCUT2D eigenvalue weighted by molar-refractivity contribution is -0.144. The summed E-state index contributed by atoms with van der Waals surface area (Å²) in [6.07, 6.45) is 2.51. The predicted octanol–water partition coefficient (Wildman–Crippen LogP) is 1.30. The summed E-state index contributed by atoms with van der Waals surface area (Å²) in [6, 6.07) is 3.69. The number of para-hydroxylation sites is 1. The summed E-state index contributed by atoms with van der Waals surface area (Å²) in [4.78, 5) is 53.5. The van der Waals surface area contributed by atoms with Crippen LogP contribution in [-0.4, -0.2) is 57.9 Å². The maximum atomic E-state index is 13.3. The van der Waals surface area contributed by atoms with Crippen LogP contribution in [0.5, 0.6) is 0 Å². The summed E-state index contributed by atoms with van der Waals surface area (Å²) in [5.74, 6) is -3.41. The summed E-state index contributed by atoms with van der Waals surface area (Å²) in [5, 5.41) is 18.4. The van der Waals surface area contributed by atoms with Gasteiger partial charge in [-0.2, -0.15) is 0 Å². The fraction of sp³-hybridized carbons (Fsp3) is 0.520. The zero-order chi connectivity index (χ0) is 26.3. The molecule has 35 heavy (non-hydrogen) atoms. The lowest BCUT2D eigenvalue weighted by Crippen LogP contribution is -2.59. The van der Waals surface area contributed by atoms with Crippen LogP contribution in [0.15, 0.2) is 30.5 Å². The van der Waals surface area contributed by atoms with Crippen molar-refractivity contribution in [3.8, 4) is 0 Å². The minimum Gasteiger partial charge on any atom is -0.480 e. The third-order valence-electron chi connectivity index (χ3n) is 6.17. The van der Waals surface area contributed by atoms with Crippen molar-refractivity contribution in [3.63, 3.8) is 0 Å². The van der Waals surface area contributed by atoms with Crippen LogP contribution < -0.4 is 21.7 Å². The average molecular weight is 488 g/mol. The number of benzene rings is 1. The highest BCUT2D eigenvalue weighted by atomic mass is 16.4. The highest BCUT2D eigenvalue weighted by Crippen LogP contribution is 2.19. The van der Waals surface area contributed by atoms with Crippen LogP contribution in [0.25, 0.3) is 10.9 Å². The Morgan fingerprint density at radius 2 is 1.57 bits per heavy atom. The van der Waals surface area contributed by atoms with Gasteiger partial charge in [-0.25, -0.2) is 4.79 Å². The number of hydrogen-bond acceptors (Lipinski definition) is 5. The molecule has 1 aromatic carbocycles. The first kappa shape index (κ1) is 27.8. The second-order valence-electron chi connectivity index (χ2n) is 9.35. The average Bonchev–Trinajstić information content (AvgIpc) is 3.21. The monoisotopic (exact) mass is 487 g/mol. The number of carbonyl (C=O) groups excluding carboxylic acids is 3. The number of nitrogens with two attached hydrogens (primary N) is 1. The van der Waals surface area contributed by atoms with Gasteiger partial charge in [0.2, 0.25) is 17.7 Å². The molecule has 0 aliphatic rings. The molecule has 3 amide bonds. The maximum Gasteiger partial charge on any atom is 0.326 e. The molecule has 0 fully saturated rings. The van der Waals surface area contributed by atoms with Gasteiger partial charge in [-0.1, -0.05) is 52.3 Å². The molecule has 10 heteroatoms. The van der Waals surface area contributed by atoms with Gasteiger partial charge in [0, 0.05) is 23.5 Å². The normalized spacial score (nSPS) is 15.6. The van der Waals surface area contributed by atoms with Crippen LogP contribution in [0.1, 0.15) is 46.6 Å². The van der Waals surface area contributed by atoms with Gasteiger partial charge in [0.1, 0.15) is 18.1 Å². The van der Waals surface area contributed by atoms with Crippen molar-refractivity contribution >= 4 is 34.6 Å². The smallest absolute Gasteiger partial charge is 0.326 e. The lowest BCUT2D eigenvalue weighted by Gasteiger charge is -2.28. The summed E-state index contributed by atoms with van der Waals surface area (Å²) in [7, 11) is 0. The third kappa shape index (κ3) is 7.29. The van der Waals surface area contributed by atoms with E-state index < -0.39 is 47.9 Å². The van der Waals surface area contributed by atoms with Crippen LogP contribution in [0.3, 0.4) is 0 Å². The zero-order valence-electron chi connectivity index (χ0n) is 20.9. The van der Waals surface area contributed by atoms with E-state index >= 15 is 0 Å². The van der Waals surface area contributed by atoms with Crippen LogP contribution in [0.2, 0.25) is 0 Å². The molecule has 0 bridgehead atoms. The summed E-state index contributed by atoms with van der Waals surface area (Å²) in [5.41, 5.74) is 7.41. The van der Waals surface area contributed by atoms with Crippen LogP contribution in [0, 0.1) is 11.8 Å². The van der Waals surface area contributed by atoms with Gasteiger partial charge in [0.25, 0.3) is 0 Å². The molecule has 2 rings (SSSR count). The molecule has 10 nitrogen and oxygen atoms in total. The fourth-order valence-electron chi connectivity index (χ4n) is 3.75. The van der Waals surface area contributed by atoms with Gasteiger partial charge >= 0.3 is 5.97 Å². The van der Waals surface area contributed by atoms with E-state index in [4.69, 9.17) is 5.73 Å². The Morgan fingerprint density at radius 3 is 2.14 bits per heavy atom. The second kappa shape index (κ2) is 12.3. The number of carboxylic acid groups (broad SMARTS) is 1. The number of carbonyl (C=O) groups is 4. The molecule has 7 N–H and O–H groups in total. The largest absolute Gasteiger partial charge is 0.480 e. The van der Waals surface area contributed by atoms with Crippen molar-refractivity contribution in [2.24, 2.45) is 17.6 Å². The summed E-state index contributed by atoms with van der Waals surface area (Å²) >= 11 is 0. The Bertz CT molecular complexity index is 1050. The van der Waals surface area contributed by atoms with Gasteiger partial charge in [-0.05, 0) is 30.4 Å². The van der Waals surface area contributed by atoms with Crippen molar-refractivity contribution in [2.45, 2.75) is 71.6 Å². The van der Waals surface area contributed by atoms with Crippen LogP contribution >= 0.6 is 0 Å².